The van der Waals surface area contributed by atoms with Gasteiger partial charge in [-0.25, -0.2) is 0 Å². The lowest BCUT2D eigenvalue weighted by molar-refractivity contribution is 0.126. The molecule has 1 rings (SSSR count). The van der Waals surface area contributed by atoms with Crippen LogP contribution >= 0.6 is 0 Å². The lowest BCUT2D eigenvalue weighted by atomic mass is 9.84. The van der Waals surface area contributed by atoms with Gasteiger partial charge in [-0.05, 0) is 44.2 Å². The summed E-state index contributed by atoms with van der Waals surface area (Å²) in [4.78, 5) is 2.68. The third-order valence-corrected chi connectivity index (χ3v) is 5.04. The molecule has 0 heterocycles. The molecule has 2 nitrogen and oxygen atoms in total. The minimum absolute atomic E-state index is 0.421. The zero-order valence-corrected chi connectivity index (χ0v) is 15.4. The van der Waals surface area contributed by atoms with Crippen LogP contribution in [0, 0.1) is 11.3 Å². The molecule has 1 N–H and O–H groups in total. The first-order valence-electron chi connectivity index (χ1n) is 9.38. The molecular formula is C19H40N2. The molecule has 1 aliphatic rings. The molecule has 126 valence electrons. The average molecular weight is 297 g/mol. The lowest BCUT2D eigenvalue weighted by Crippen LogP contribution is -2.45. The highest BCUT2D eigenvalue weighted by Crippen LogP contribution is 2.28. The van der Waals surface area contributed by atoms with E-state index in [2.05, 4.69) is 45.0 Å². The van der Waals surface area contributed by atoms with Gasteiger partial charge in [0.15, 0.2) is 0 Å². The maximum absolute atomic E-state index is 3.70. The zero-order valence-electron chi connectivity index (χ0n) is 15.4. The van der Waals surface area contributed by atoms with Crippen molar-refractivity contribution in [2.45, 2.75) is 85.1 Å². The molecule has 0 spiro atoms. The van der Waals surface area contributed by atoms with E-state index in [1.807, 2.05) is 0 Å². The van der Waals surface area contributed by atoms with Gasteiger partial charge in [-0.1, -0.05) is 59.8 Å². The van der Waals surface area contributed by atoms with Gasteiger partial charge in [0.05, 0.1) is 0 Å². The van der Waals surface area contributed by atoms with Crippen LogP contribution < -0.4 is 5.32 Å². The van der Waals surface area contributed by atoms with Crippen molar-refractivity contribution < 1.29 is 0 Å². The Balaban J connectivity index is 2.49. The number of hydrogen-bond donors (Lipinski definition) is 1. The highest BCUT2D eigenvalue weighted by atomic mass is 15.1. The van der Waals surface area contributed by atoms with Crippen LogP contribution in [0.5, 0.6) is 0 Å². The summed E-state index contributed by atoms with van der Waals surface area (Å²) in [6.07, 6.45) is 11.2. The molecular weight excluding hydrogens is 256 g/mol. The van der Waals surface area contributed by atoms with E-state index >= 15 is 0 Å². The van der Waals surface area contributed by atoms with E-state index in [1.54, 1.807) is 0 Å². The maximum Gasteiger partial charge on any atom is 0.00924 e. The average Bonchev–Trinajstić information content (AvgIpc) is 2.67. The number of rotatable bonds is 9. The van der Waals surface area contributed by atoms with Crippen LogP contribution in [0.1, 0.15) is 79.1 Å². The van der Waals surface area contributed by atoms with Gasteiger partial charge in [-0.15, -0.1) is 0 Å². The van der Waals surface area contributed by atoms with Crippen LogP contribution in [0.15, 0.2) is 0 Å². The number of hydrogen-bond acceptors (Lipinski definition) is 2. The first-order valence-corrected chi connectivity index (χ1v) is 9.38. The van der Waals surface area contributed by atoms with E-state index in [0.717, 1.165) is 25.0 Å². The topological polar surface area (TPSA) is 15.3 Å². The molecule has 1 atom stereocenters. The van der Waals surface area contributed by atoms with Crippen LogP contribution in [0.4, 0.5) is 0 Å². The summed E-state index contributed by atoms with van der Waals surface area (Å²) in [7, 11) is 2.37. The predicted molar refractivity (Wildman–Crippen MR) is 94.8 cm³/mol. The second-order valence-electron chi connectivity index (χ2n) is 8.15. The van der Waals surface area contributed by atoms with Gasteiger partial charge in [-0.3, -0.25) is 0 Å². The van der Waals surface area contributed by atoms with Gasteiger partial charge in [0, 0.05) is 19.1 Å². The van der Waals surface area contributed by atoms with E-state index in [0.29, 0.717) is 5.41 Å². The summed E-state index contributed by atoms with van der Waals surface area (Å²) < 4.78 is 0. The van der Waals surface area contributed by atoms with Crippen molar-refractivity contribution in [2.24, 2.45) is 11.3 Å². The Morgan fingerprint density at radius 1 is 1.14 bits per heavy atom. The Morgan fingerprint density at radius 2 is 1.76 bits per heavy atom. The van der Waals surface area contributed by atoms with Gasteiger partial charge in [0.25, 0.3) is 0 Å². The normalized spacial score (nSPS) is 20.7. The van der Waals surface area contributed by atoms with E-state index in [1.165, 1.54) is 57.9 Å². The fourth-order valence-electron chi connectivity index (χ4n) is 3.92. The Labute approximate surface area is 134 Å². The fraction of sp³-hybridized carbons (Fsp3) is 1.00. The van der Waals surface area contributed by atoms with Gasteiger partial charge < -0.3 is 10.2 Å². The molecule has 0 aliphatic heterocycles. The van der Waals surface area contributed by atoms with Crippen molar-refractivity contribution in [3.05, 3.63) is 0 Å². The van der Waals surface area contributed by atoms with E-state index in [-0.39, 0.29) is 0 Å². The molecule has 1 saturated carbocycles. The van der Waals surface area contributed by atoms with E-state index in [9.17, 15) is 0 Å². The fourth-order valence-corrected chi connectivity index (χ4v) is 3.92. The van der Waals surface area contributed by atoms with Crippen LogP contribution in [-0.4, -0.2) is 37.6 Å². The second-order valence-corrected chi connectivity index (χ2v) is 8.15. The standard InChI is InChI=1S/C19H40N2/c1-6-13-19(4,15-20-14-17(2)3)16-21(5)18-11-9-7-8-10-12-18/h17-18,20H,6-16H2,1-5H3. The van der Waals surface area contributed by atoms with Crippen molar-refractivity contribution in [1.82, 2.24) is 10.2 Å². The minimum atomic E-state index is 0.421. The Kier molecular flexibility index (Phi) is 8.89. The molecule has 0 aromatic heterocycles. The first kappa shape index (κ1) is 19.0. The smallest absolute Gasteiger partial charge is 0.00924 e. The van der Waals surface area contributed by atoms with Crippen molar-refractivity contribution in [2.75, 3.05) is 26.7 Å². The highest BCUT2D eigenvalue weighted by molar-refractivity contribution is 4.83. The minimum Gasteiger partial charge on any atom is -0.316 e. The van der Waals surface area contributed by atoms with Crippen molar-refractivity contribution >= 4 is 0 Å². The summed E-state index contributed by atoms with van der Waals surface area (Å²) in [5.74, 6) is 0.746. The monoisotopic (exact) mass is 296 g/mol. The summed E-state index contributed by atoms with van der Waals surface area (Å²) in [5, 5.41) is 3.70. The van der Waals surface area contributed by atoms with Gasteiger partial charge in [0.2, 0.25) is 0 Å². The van der Waals surface area contributed by atoms with Crippen molar-refractivity contribution in [3.63, 3.8) is 0 Å². The maximum atomic E-state index is 3.70. The van der Waals surface area contributed by atoms with Crippen molar-refractivity contribution in [1.29, 1.82) is 0 Å². The molecule has 0 bridgehead atoms. The SMILES string of the molecule is CCCC(C)(CNCC(C)C)CN(C)C1CCCCCC1. The summed E-state index contributed by atoms with van der Waals surface area (Å²) >= 11 is 0. The molecule has 1 fully saturated rings. The van der Waals surface area contributed by atoms with Crippen molar-refractivity contribution in [3.8, 4) is 0 Å². The van der Waals surface area contributed by atoms with E-state index < -0.39 is 0 Å². The number of nitrogens with one attached hydrogen (secondary N) is 1. The zero-order chi connectivity index (χ0) is 15.7. The Morgan fingerprint density at radius 3 is 2.29 bits per heavy atom. The Hall–Kier alpha value is -0.0800. The molecule has 1 unspecified atom stereocenters. The molecule has 21 heavy (non-hydrogen) atoms. The molecule has 0 radical (unpaired) electrons. The highest BCUT2D eigenvalue weighted by Gasteiger charge is 2.28. The van der Waals surface area contributed by atoms with Crippen LogP contribution in [0.2, 0.25) is 0 Å². The summed E-state index contributed by atoms with van der Waals surface area (Å²) in [5.41, 5.74) is 0.421. The predicted octanol–water partition coefficient (Wildman–Crippen LogP) is 4.69. The first-order chi connectivity index (χ1) is 9.97. The second kappa shape index (κ2) is 9.84. The van der Waals surface area contributed by atoms with E-state index in [4.69, 9.17) is 0 Å². The molecule has 2 heteroatoms. The Bertz CT molecular complexity index is 256. The van der Waals surface area contributed by atoms with Gasteiger partial charge in [-0.2, -0.15) is 0 Å². The summed E-state index contributed by atoms with van der Waals surface area (Å²) in [6.45, 7) is 13.0. The van der Waals surface area contributed by atoms with Gasteiger partial charge >= 0.3 is 0 Å². The van der Waals surface area contributed by atoms with Crippen LogP contribution in [0.25, 0.3) is 0 Å². The lowest BCUT2D eigenvalue weighted by Gasteiger charge is -2.38. The molecule has 1 aliphatic carbocycles. The molecule has 0 amide bonds. The molecule has 0 aromatic rings. The van der Waals surface area contributed by atoms with Crippen LogP contribution in [-0.2, 0) is 0 Å². The third-order valence-electron chi connectivity index (χ3n) is 5.04. The number of nitrogens with zero attached hydrogens (tertiary/aromatic N) is 1. The molecule has 0 aromatic carbocycles. The quantitative estimate of drug-likeness (QED) is 0.621. The van der Waals surface area contributed by atoms with Crippen LogP contribution in [0.3, 0.4) is 0 Å². The van der Waals surface area contributed by atoms with Gasteiger partial charge in [0.1, 0.15) is 0 Å². The third kappa shape index (κ3) is 7.65. The summed E-state index contributed by atoms with van der Waals surface area (Å²) in [6, 6.07) is 0.828. The molecule has 0 saturated heterocycles. The largest absolute Gasteiger partial charge is 0.316 e.